The average Bonchev–Trinajstić information content (AvgIpc) is 2.28. The third kappa shape index (κ3) is 2.54. The van der Waals surface area contributed by atoms with Gasteiger partial charge in [-0.25, -0.2) is 0 Å². The van der Waals surface area contributed by atoms with Gasteiger partial charge in [-0.3, -0.25) is 4.90 Å². The van der Waals surface area contributed by atoms with E-state index in [1.54, 1.807) is 0 Å². The minimum absolute atomic E-state index is 0.331. The highest BCUT2D eigenvalue weighted by Gasteiger charge is 2.22. The Balaban J connectivity index is 2.09. The fourth-order valence-corrected chi connectivity index (χ4v) is 2.23. The molecule has 3 nitrogen and oxygen atoms in total. The van der Waals surface area contributed by atoms with Crippen molar-refractivity contribution in [3.8, 4) is 0 Å². The van der Waals surface area contributed by atoms with Crippen molar-refractivity contribution in [3.05, 3.63) is 29.8 Å². The standard InChI is InChI=1S/C13H20N2O/c1-10-9-15(6-7-16-10)11(2)12-4-3-5-13(14)8-12/h3-5,8,10-11H,6-7,9,14H2,1-2H3. The van der Waals surface area contributed by atoms with Crippen LogP contribution in [0, 0.1) is 0 Å². The number of nitrogens with zero attached hydrogens (tertiary/aromatic N) is 1. The normalized spacial score (nSPS) is 24.2. The smallest absolute Gasteiger partial charge is 0.0674 e. The molecule has 0 amide bonds. The van der Waals surface area contributed by atoms with Gasteiger partial charge in [0.2, 0.25) is 0 Å². The van der Waals surface area contributed by atoms with Crippen LogP contribution >= 0.6 is 0 Å². The van der Waals surface area contributed by atoms with Gasteiger partial charge in [-0.15, -0.1) is 0 Å². The predicted molar refractivity (Wildman–Crippen MR) is 66.3 cm³/mol. The monoisotopic (exact) mass is 220 g/mol. The Morgan fingerprint density at radius 3 is 3.00 bits per heavy atom. The first-order valence-corrected chi connectivity index (χ1v) is 5.88. The number of benzene rings is 1. The first-order valence-electron chi connectivity index (χ1n) is 5.88. The highest BCUT2D eigenvalue weighted by atomic mass is 16.5. The molecule has 0 aliphatic carbocycles. The summed E-state index contributed by atoms with van der Waals surface area (Å²) >= 11 is 0. The Morgan fingerprint density at radius 1 is 1.50 bits per heavy atom. The molecule has 2 rings (SSSR count). The molecule has 0 radical (unpaired) electrons. The third-order valence-corrected chi connectivity index (χ3v) is 3.21. The van der Waals surface area contributed by atoms with Crippen LogP contribution in [0.25, 0.3) is 0 Å². The van der Waals surface area contributed by atoms with E-state index in [0.29, 0.717) is 12.1 Å². The first kappa shape index (κ1) is 11.4. The zero-order valence-corrected chi connectivity index (χ0v) is 10.0. The van der Waals surface area contributed by atoms with Crippen molar-refractivity contribution in [1.82, 2.24) is 4.90 Å². The van der Waals surface area contributed by atoms with Crippen LogP contribution < -0.4 is 5.73 Å². The molecule has 0 saturated carbocycles. The van der Waals surface area contributed by atoms with Crippen LogP contribution in [0.2, 0.25) is 0 Å². The van der Waals surface area contributed by atoms with Gasteiger partial charge in [-0.1, -0.05) is 12.1 Å². The van der Waals surface area contributed by atoms with E-state index < -0.39 is 0 Å². The summed E-state index contributed by atoms with van der Waals surface area (Å²) in [6, 6.07) is 8.56. The van der Waals surface area contributed by atoms with Crippen LogP contribution in [-0.2, 0) is 4.74 Å². The number of ether oxygens (including phenoxy) is 1. The quantitative estimate of drug-likeness (QED) is 0.775. The van der Waals surface area contributed by atoms with Gasteiger partial charge in [-0.2, -0.15) is 0 Å². The summed E-state index contributed by atoms with van der Waals surface area (Å²) in [5.41, 5.74) is 7.93. The molecule has 0 bridgehead atoms. The molecule has 1 aliphatic rings. The molecule has 2 atom stereocenters. The van der Waals surface area contributed by atoms with Gasteiger partial charge in [-0.05, 0) is 31.5 Å². The Labute approximate surface area is 97.2 Å². The van der Waals surface area contributed by atoms with Crippen molar-refractivity contribution >= 4 is 5.69 Å². The van der Waals surface area contributed by atoms with E-state index >= 15 is 0 Å². The molecule has 16 heavy (non-hydrogen) atoms. The van der Waals surface area contributed by atoms with Crippen molar-refractivity contribution in [2.24, 2.45) is 0 Å². The van der Waals surface area contributed by atoms with Crippen molar-refractivity contribution in [2.45, 2.75) is 26.0 Å². The molecular weight excluding hydrogens is 200 g/mol. The first-order chi connectivity index (χ1) is 7.66. The summed E-state index contributed by atoms with van der Waals surface area (Å²) in [6.07, 6.45) is 0.331. The summed E-state index contributed by atoms with van der Waals surface area (Å²) in [6.45, 7) is 7.18. The van der Waals surface area contributed by atoms with E-state index in [1.165, 1.54) is 5.56 Å². The van der Waals surface area contributed by atoms with E-state index in [2.05, 4.69) is 30.9 Å². The van der Waals surface area contributed by atoms with Crippen molar-refractivity contribution in [3.63, 3.8) is 0 Å². The molecular formula is C13H20N2O. The molecule has 1 heterocycles. The van der Waals surface area contributed by atoms with Crippen LogP contribution in [0.15, 0.2) is 24.3 Å². The summed E-state index contributed by atoms with van der Waals surface area (Å²) < 4.78 is 5.55. The van der Waals surface area contributed by atoms with Crippen LogP contribution in [-0.4, -0.2) is 30.7 Å². The molecule has 2 unspecified atom stereocenters. The maximum Gasteiger partial charge on any atom is 0.0674 e. The summed E-state index contributed by atoms with van der Waals surface area (Å²) in [5, 5.41) is 0. The Morgan fingerprint density at radius 2 is 2.31 bits per heavy atom. The number of hydrogen-bond donors (Lipinski definition) is 1. The lowest BCUT2D eigenvalue weighted by Crippen LogP contribution is -2.42. The molecule has 0 spiro atoms. The number of nitrogens with two attached hydrogens (primary N) is 1. The minimum Gasteiger partial charge on any atom is -0.399 e. The Kier molecular flexibility index (Phi) is 3.46. The van der Waals surface area contributed by atoms with Crippen molar-refractivity contribution < 1.29 is 4.74 Å². The molecule has 1 aliphatic heterocycles. The number of hydrogen-bond acceptors (Lipinski definition) is 3. The second-order valence-electron chi connectivity index (χ2n) is 4.52. The fraction of sp³-hybridized carbons (Fsp3) is 0.538. The van der Waals surface area contributed by atoms with Gasteiger partial charge in [0.05, 0.1) is 12.7 Å². The number of morpholine rings is 1. The highest BCUT2D eigenvalue weighted by Crippen LogP contribution is 2.23. The largest absolute Gasteiger partial charge is 0.399 e. The Hall–Kier alpha value is -1.06. The van der Waals surface area contributed by atoms with Gasteiger partial charge in [0.1, 0.15) is 0 Å². The van der Waals surface area contributed by atoms with Crippen LogP contribution in [0.4, 0.5) is 5.69 Å². The lowest BCUT2D eigenvalue weighted by Gasteiger charge is -2.35. The average molecular weight is 220 g/mol. The molecule has 3 heteroatoms. The second-order valence-corrected chi connectivity index (χ2v) is 4.52. The van der Waals surface area contributed by atoms with E-state index in [-0.39, 0.29) is 0 Å². The van der Waals surface area contributed by atoms with Gasteiger partial charge >= 0.3 is 0 Å². The van der Waals surface area contributed by atoms with E-state index in [9.17, 15) is 0 Å². The minimum atomic E-state index is 0.331. The maximum atomic E-state index is 5.81. The number of rotatable bonds is 2. The number of anilines is 1. The second kappa shape index (κ2) is 4.85. The zero-order chi connectivity index (χ0) is 11.5. The molecule has 2 N–H and O–H groups in total. The predicted octanol–water partition coefficient (Wildman–Crippen LogP) is 2.05. The highest BCUT2D eigenvalue weighted by molar-refractivity contribution is 5.41. The van der Waals surface area contributed by atoms with E-state index in [1.807, 2.05) is 12.1 Å². The van der Waals surface area contributed by atoms with Crippen LogP contribution in [0.1, 0.15) is 25.5 Å². The van der Waals surface area contributed by atoms with Gasteiger partial charge in [0, 0.05) is 24.8 Å². The SMILES string of the molecule is CC1CN(C(C)c2cccc(N)c2)CCO1. The van der Waals surface area contributed by atoms with Gasteiger partial charge < -0.3 is 10.5 Å². The summed E-state index contributed by atoms with van der Waals surface area (Å²) in [5.74, 6) is 0. The summed E-state index contributed by atoms with van der Waals surface area (Å²) in [7, 11) is 0. The lowest BCUT2D eigenvalue weighted by molar-refractivity contribution is -0.0319. The number of nitrogen functional groups attached to an aromatic ring is 1. The molecule has 88 valence electrons. The van der Waals surface area contributed by atoms with Gasteiger partial charge in [0.15, 0.2) is 0 Å². The Bertz CT molecular complexity index is 354. The van der Waals surface area contributed by atoms with Gasteiger partial charge in [0.25, 0.3) is 0 Å². The molecule has 1 aromatic rings. The zero-order valence-electron chi connectivity index (χ0n) is 10.0. The summed E-state index contributed by atoms with van der Waals surface area (Å²) in [4.78, 5) is 2.45. The van der Waals surface area contributed by atoms with Crippen molar-refractivity contribution in [2.75, 3.05) is 25.4 Å². The fourth-order valence-electron chi connectivity index (χ4n) is 2.23. The van der Waals surface area contributed by atoms with Crippen LogP contribution in [0.5, 0.6) is 0 Å². The lowest BCUT2D eigenvalue weighted by atomic mass is 10.1. The van der Waals surface area contributed by atoms with E-state index in [4.69, 9.17) is 10.5 Å². The molecule has 1 saturated heterocycles. The molecule has 1 aromatic carbocycles. The molecule has 0 aromatic heterocycles. The van der Waals surface area contributed by atoms with Crippen molar-refractivity contribution in [1.29, 1.82) is 0 Å². The maximum absolute atomic E-state index is 5.81. The van der Waals surface area contributed by atoms with E-state index in [0.717, 1.165) is 25.4 Å². The third-order valence-electron chi connectivity index (χ3n) is 3.21. The molecule has 1 fully saturated rings. The van der Waals surface area contributed by atoms with Crippen LogP contribution in [0.3, 0.4) is 0 Å². The topological polar surface area (TPSA) is 38.5 Å².